The molecule has 1 unspecified atom stereocenters. The van der Waals surface area contributed by atoms with Crippen LogP contribution in [-0.2, 0) is 4.74 Å². The minimum Gasteiger partial charge on any atom is -0.444 e. The summed E-state index contributed by atoms with van der Waals surface area (Å²) >= 11 is 0. The lowest BCUT2D eigenvalue weighted by atomic mass is 10.1. The standard InChI is InChI=1S/C17H27N5O2/c1-17(2,3)24-16(23)21-13-5-4-8-22(10-13)15-9-14(18-11-19-15)20-12-6-7-12/h9,11-13H,4-8,10H2,1-3H3,(H,21,23)(H,18,19,20). The topological polar surface area (TPSA) is 79.4 Å². The Morgan fingerprint density at radius 3 is 2.75 bits per heavy atom. The van der Waals surface area contributed by atoms with E-state index in [0.29, 0.717) is 6.04 Å². The van der Waals surface area contributed by atoms with Gasteiger partial charge < -0.3 is 20.3 Å². The number of aromatic nitrogens is 2. The third-order valence-corrected chi connectivity index (χ3v) is 4.05. The Morgan fingerprint density at radius 2 is 2.04 bits per heavy atom. The minimum absolute atomic E-state index is 0.0726. The van der Waals surface area contributed by atoms with Gasteiger partial charge in [-0.3, -0.25) is 0 Å². The summed E-state index contributed by atoms with van der Waals surface area (Å²) in [5, 5.41) is 6.37. The van der Waals surface area contributed by atoms with Gasteiger partial charge in [-0.05, 0) is 46.5 Å². The quantitative estimate of drug-likeness (QED) is 0.881. The van der Waals surface area contributed by atoms with Crippen LogP contribution in [0.5, 0.6) is 0 Å². The number of nitrogens with one attached hydrogen (secondary N) is 2. The number of piperidine rings is 1. The first kappa shape index (κ1) is 16.8. The molecule has 1 amide bonds. The zero-order chi connectivity index (χ0) is 17.2. The maximum atomic E-state index is 12.0. The predicted molar refractivity (Wildman–Crippen MR) is 93.3 cm³/mol. The van der Waals surface area contributed by atoms with Crippen LogP contribution in [0.1, 0.15) is 46.5 Å². The number of alkyl carbamates (subject to hydrolysis) is 1. The van der Waals surface area contributed by atoms with E-state index in [0.717, 1.165) is 37.6 Å². The van der Waals surface area contributed by atoms with Crippen LogP contribution in [0.2, 0.25) is 0 Å². The maximum absolute atomic E-state index is 12.0. The summed E-state index contributed by atoms with van der Waals surface area (Å²) in [5.74, 6) is 1.79. The van der Waals surface area contributed by atoms with E-state index in [1.54, 1.807) is 6.33 Å². The average Bonchev–Trinajstić information content (AvgIpc) is 3.30. The molecule has 1 aromatic rings. The maximum Gasteiger partial charge on any atom is 0.407 e. The highest BCUT2D eigenvalue weighted by Crippen LogP contribution is 2.25. The summed E-state index contributed by atoms with van der Waals surface area (Å²) in [7, 11) is 0. The van der Waals surface area contributed by atoms with Crippen molar-refractivity contribution in [2.75, 3.05) is 23.3 Å². The number of hydrogen-bond acceptors (Lipinski definition) is 6. The van der Waals surface area contributed by atoms with Crippen LogP contribution in [0.15, 0.2) is 12.4 Å². The summed E-state index contributed by atoms with van der Waals surface area (Å²) in [6.07, 6.45) is 5.64. The molecule has 0 spiro atoms. The zero-order valence-corrected chi connectivity index (χ0v) is 14.7. The van der Waals surface area contributed by atoms with Gasteiger partial charge in [0, 0.05) is 31.2 Å². The van der Waals surface area contributed by atoms with E-state index in [2.05, 4.69) is 25.5 Å². The van der Waals surface area contributed by atoms with Gasteiger partial charge in [0.1, 0.15) is 23.6 Å². The molecule has 7 nitrogen and oxygen atoms in total. The van der Waals surface area contributed by atoms with E-state index in [-0.39, 0.29) is 12.1 Å². The van der Waals surface area contributed by atoms with Gasteiger partial charge in [0.15, 0.2) is 0 Å². The second-order valence-electron chi connectivity index (χ2n) is 7.61. The van der Waals surface area contributed by atoms with E-state index in [1.807, 2.05) is 26.8 Å². The van der Waals surface area contributed by atoms with Crippen molar-refractivity contribution in [3.8, 4) is 0 Å². The van der Waals surface area contributed by atoms with E-state index >= 15 is 0 Å². The van der Waals surface area contributed by atoms with Crippen molar-refractivity contribution in [3.05, 3.63) is 12.4 Å². The zero-order valence-electron chi connectivity index (χ0n) is 14.7. The lowest BCUT2D eigenvalue weighted by molar-refractivity contribution is 0.0500. The number of carbonyl (C=O) groups is 1. The molecule has 1 saturated carbocycles. The number of rotatable bonds is 4. The van der Waals surface area contributed by atoms with Gasteiger partial charge in [-0.25, -0.2) is 14.8 Å². The average molecular weight is 333 g/mol. The Morgan fingerprint density at radius 1 is 1.25 bits per heavy atom. The van der Waals surface area contributed by atoms with Crippen LogP contribution < -0.4 is 15.5 Å². The SMILES string of the molecule is CC(C)(C)OC(=O)NC1CCCN(c2cc(NC3CC3)ncn2)C1. The number of anilines is 2. The second-order valence-corrected chi connectivity index (χ2v) is 7.61. The Balaban J connectivity index is 1.57. The molecule has 1 aliphatic heterocycles. The molecule has 3 rings (SSSR count). The minimum atomic E-state index is -0.478. The molecule has 7 heteroatoms. The van der Waals surface area contributed by atoms with E-state index < -0.39 is 5.60 Å². The number of nitrogens with zero attached hydrogens (tertiary/aromatic N) is 3. The summed E-state index contributed by atoms with van der Waals surface area (Å²) < 4.78 is 5.35. The molecule has 0 radical (unpaired) electrons. The van der Waals surface area contributed by atoms with Crippen molar-refractivity contribution in [1.82, 2.24) is 15.3 Å². The van der Waals surface area contributed by atoms with E-state index in [9.17, 15) is 4.79 Å². The summed E-state index contributed by atoms with van der Waals surface area (Å²) in [6, 6.07) is 2.63. The van der Waals surface area contributed by atoms with Crippen molar-refractivity contribution >= 4 is 17.7 Å². The van der Waals surface area contributed by atoms with Crippen molar-refractivity contribution in [1.29, 1.82) is 0 Å². The van der Waals surface area contributed by atoms with E-state index in [1.165, 1.54) is 12.8 Å². The Hall–Kier alpha value is -2.05. The number of amides is 1. The Labute approximate surface area is 143 Å². The number of ether oxygens (including phenoxy) is 1. The first-order chi connectivity index (χ1) is 11.4. The first-order valence-electron chi connectivity index (χ1n) is 8.72. The monoisotopic (exact) mass is 333 g/mol. The fourth-order valence-corrected chi connectivity index (χ4v) is 2.81. The molecule has 24 heavy (non-hydrogen) atoms. The Bertz CT molecular complexity index is 583. The van der Waals surface area contributed by atoms with Gasteiger partial charge in [-0.15, -0.1) is 0 Å². The van der Waals surface area contributed by atoms with Crippen LogP contribution in [0, 0.1) is 0 Å². The molecule has 0 bridgehead atoms. The van der Waals surface area contributed by atoms with Crippen molar-refractivity contribution in [3.63, 3.8) is 0 Å². The van der Waals surface area contributed by atoms with Crippen LogP contribution in [0.25, 0.3) is 0 Å². The summed E-state index contributed by atoms with van der Waals surface area (Å²) in [5.41, 5.74) is -0.478. The molecule has 2 heterocycles. The van der Waals surface area contributed by atoms with Crippen molar-refractivity contribution in [2.45, 2.75) is 64.1 Å². The molecule has 2 N–H and O–H groups in total. The smallest absolute Gasteiger partial charge is 0.407 e. The highest BCUT2D eigenvalue weighted by Gasteiger charge is 2.26. The molecule has 2 fully saturated rings. The molecule has 1 aliphatic carbocycles. The van der Waals surface area contributed by atoms with Crippen LogP contribution in [0.4, 0.5) is 16.4 Å². The molecular weight excluding hydrogens is 306 g/mol. The van der Waals surface area contributed by atoms with Crippen molar-refractivity contribution in [2.24, 2.45) is 0 Å². The van der Waals surface area contributed by atoms with Crippen LogP contribution >= 0.6 is 0 Å². The molecule has 132 valence electrons. The molecule has 1 saturated heterocycles. The van der Waals surface area contributed by atoms with Gasteiger partial charge in [0.2, 0.25) is 0 Å². The summed E-state index contributed by atoms with van der Waals surface area (Å²) in [6.45, 7) is 7.28. The Kier molecular flexibility index (Phi) is 4.78. The third kappa shape index (κ3) is 4.97. The lowest BCUT2D eigenvalue weighted by Crippen LogP contribution is -2.49. The molecule has 1 atom stereocenters. The van der Waals surface area contributed by atoms with Crippen LogP contribution in [-0.4, -0.2) is 46.8 Å². The number of hydrogen-bond donors (Lipinski definition) is 2. The normalized spacial score (nSPS) is 21.3. The largest absolute Gasteiger partial charge is 0.444 e. The van der Waals surface area contributed by atoms with Crippen molar-refractivity contribution < 1.29 is 9.53 Å². The van der Waals surface area contributed by atoms with Gasteiger partial charge >= 0.3 is 6.09 Å². The molecular formula is C17H27N5O2. The lowest BCUT2D eigenvalue weighted by Gasteiger charge is -2.34. The van der Waals surface area contributed by atoms with Crippen LogP contribution in [0.3, 0.4) is 0 Å². The van der Waals surface area contributed by atoms with Gasteiger partial charge in [0.05, 0.1) is 0 Å². The predicted octanol–water partition coefficient (Wildman–Crippen LogP) is 2.54. The fourth-order valence-electron chi connectivity index (χ4n) is 2.81. The molecule has 2 aliphatic rings. The van der Waals surface area contributed by atoms with Gasteiger partial charge in [-0.2, -0.15) is 0 Å². The fraction of sp³-hybridized carbons (Fsp3) is 0.706. The molecule has 0 aromatic carbocycles. The highest BCUT2D eigenvalue weighted by molar-refractivity contribution is 5.68. The number of carbonyl (C=O) groups excluding carboxylic acids is 1. The first-order valence-corrected chi connectivity index (χ1v) is 8.72. The van der Waals surface area contributed by atoms with E-state index in [4.69, 9.17) is 4.74 Å². The highest BCUT2D eigenvalue weighted by atomic mass is 16.6. The van der Waals surface area contributed by atoms with Gasteiger partial charge in [-0.1, -0.05) is 0 Å². The van der Waals surface area contributed by atoms with Gasteiger partial charge in [0.25, 0.3) is 0 Å². The second kappa shape index (κ2) is 6.83. The third-order valence-electron chi connectivity index (χ3n) is 4.05. The summed E-state index contributed by atoms with van der Waals surface area (Å²) in [4.78, 5) is 22.8. The molecule has 1 aromatic heterocycles.